The van der Waals surface area contributed by atoms with Crippen molar-refractivity contribution in [1.29, 1.82) is 0 Å². The smallest absolute Gasteiger partial charge is 0.152 e. The van der Waals surface area contributed by atoms with Gasteiger partial charge in [-0.2, -0.15) is 0 Å². The first-order valence-corrected chi connectivity index (χ1v) is 3.58. The molecule has 1 rings (SSSR count). The number of anilines is 2. The Morgan fingerprint density at radius 1 is 1.45 bits per heavy atom. The highest BCUT2D eigenvalue weighted by atomic mass is 15.0. The first-order chi connectivity index (χ1) is 5.34. The normalized spacial score (nSPS) is 7.91. The molecule has 0 fully saturated rings. The van der Waals surface area contributed by atoms with Crippen LogP contribution in [0.1, 0.15) is 13.8 Å². The minimum absolute atomic E-state index is 0.569. The van der Waals surface area contributed by atoms with Crippen molar-refractivity contribution in [3.8, 4) is 0 Å². The molecule has 4 heteroatoms. The minimum atomic E-state index is 0.569. The van der Waals surface area contributed by atoms with Crippen molar-refractivity contribution in [2.24, 2.45) is 0 Å². The van der Waals surface area contributed by atoms with Gasteiger partial charge in [0, 0.05) is 7.05 Å². The van der Waals surface area contributed by atoms with Crippen LogP contribution in [-0.2, 0) is 0 Å². The van der Waals surface area contributed by atoms with Gasteiger partial charge in [-0.15, -0.1) is 0 Å². The second kappa shape index (κ2) is 5.46. The molecule has 11 heavy (non-hydrogen) atoms. The maximum absolute atomic E-state index is 5.44. The van der Waals surface area contributed by atoms with Crippen molar-refractivity contribution in [2.75, 3.05) is 18.1 Å². The number of aromatic nitrogens is 2. The summed E-state index contributed by atoms with van der Waals surface area (Å²) in [6.45, 7) is 4.00. The molecule has 0 aliphatic heterocycles. The van der Waals surface area contributed by atoms with Crippen LogP contribution in [0.15, 0.2) is 12.5 Å². The van der Waals surface area contributed by atoms with Crippen LogP contribution >= 0.6 is 0 Å². The fourth-order valence-electron chi connectivity index (χ4n) is 0.549. The fraction of sp³-hybridized carbons (Fsp3) is 0.429. The summed E-state index contributed by atoms with van der Waals surface area (Å²) in [5.74, 6) is 0.671. The monoisotopic (exact) mass is 154 g/mol. The van der Waals surface area contributed by atoms with E-state index in [1.165, 1.54) is 6.33 Å². The van der Waals surface area contributed by atoms with Crippen molar-refractivity contribution in [3.05, 3.63) is 12.5 Å². The van der Waals surface area contributed by atoms with Gasteiger partial charge in [-0.25, -0.2) is 9.97 Å². The third kappa shape index (κ3) is 2.84. The average Bonchev–Trinajstić information content (AvgIpc) is 2.09. The molecule has 1 heterocycles. The Morgan fingerprint density at radius 2 is 2.09 bits per heavy atom. The summed E-state index contributed by atoms with van der Waals surface area (Å²) in [6, 6.07) is 0. The Balaban J connectivity index is 0.000000461. The molecule has 0 atom stereocenters. The van der Waals surface area contributed by atoms with E-state index in [9.17, 15) is 0 Å². The minimum Gasteiger partial charge on any atom is -0.394 e. The van der Waals surface area contributed by atoms with Crippen molar-refractivity contribution >= 4 is 11.5 Å². The maximum atomic E-state index is 5.44. The Morgan fingerprint density at radius 3 is 2.45 bits per heavy atom. The number of nitrogens with two attached hydrogens (primary N) is 1. The summed E-state index contributed by atoms with van der Waals surface area (Å²) >= 11 is 0. The summed E-state index contributed by atoms with van der Waals surface area (Å²) in [4.78, 5) is 7.57. The molecule has 0 spiro atoms. The lowest BCUT2D eigenvalue weighted by molar-refractivity contribution is 1.16. The summed E-state index contributed by atoms with van der Waals surface area (Å²) < 4.78 is 0. The molecule has 1 aromatic heterocycles. The number of nitrogens with one attached hydrogen (secondary N) is 1. The Labute approximate surface area is 66.9 Å². The second-order valence-corrected chi connectivity index (χ2v) is 1.58. The summed E-state index contributed by atoms with van der Waals surface area (Å²) in [7, 11) is 1.76. The lowest BCUT2D eigenvalue weighted by Gasteiger charge is -1.98. The molecule has 0 saturated carbocycles. The number of hydrogen-bond acceptors (Lipinski definition) is 4. The highest BCUT2D eigenvalue weighted by Crippen LogP contribution is 2.08. The van der Waals surface area contributed by atoms with E-state index in [0.29, 0.717) is 11.5 Å². The van der Waals surface area contributed by atoms with Gasteiger partial charge in [0.25, 0.3) is 0 Å². The van der Waals surface area contributed by atoms with Gasteiger partial charge in [-0.3, -0.25) is 0 Å². The number of rotatable bonds is 1. The van der Waals surface area contributed by atoms with Crippen molar-refractivity contribution < 1.29 is 0 Å². The molecular formula is C7H14N4. The topological polar surface area (TPSA) is 63.8 Å². The fourth-order valence-corrected chi connectivity index (χ4v) is 0.549. The highest BCUT2D eigenvalue weighted by molar-refractivity contribution is 5.58. The van der Waals surface area contributed by atoms with E-state index in [2.05, 4.69) is 15.3 Å². The third-order valence-electron chi connectivity index (χ3n) is 0.977. The van der Waals surface area contributed by atoms with Gasteiger partial charge in [0.2, 0.25) is 0 Å². The van der Waals surface area contributed by atoms with Gasteiger partial charge in [0.05, 0.1) is 11.9 Å². The molecule has 62 valence electrons. The van der Waals surface area contributed by atoms with Crippen molar-refractivity contribution in [1.82, 2.24) is 9.97 Å². The van der Waals surface area contributed by atoms with E-state index in [4.69, 9.17) is 5.73 Å². The summed E-state index contributed by atoms with van der Waals surface area (Å²) in [5, 5.41) is 2.82. The lowest BCUT2D eigenvalue weighted by atomic mass is 10.5. The Kier molecular flexibility index (Phi) is 4.81. The van der Waals surface area contributed by atoms with Gasteiger partial charge in [0.1, 0.15) is 6.33 Å². The molecule has 0 saturated heterocycles. The van der Waals surface area contributed by atoms with Crippen LogP contribution in [0.3, 0.4) is 0 Å². The zero-order valence-electron chi connectivity index (χ0n) is 7.13. The molecule has 0 aliphatic carbocycles. The molecule has 0 amide bonds. The molecule has 0 radical (unpaired) electrons. The molecule has 1 aromatic rings. The van der Waals surface area contributed by atoms with Crippen LogP contribution in [-0.4, -0.2) is 17.0 Å². The number of hydrogen-bond donors (Lipinski definition) is 2. The maximum Gasteiger partial charge on any atom is 0.152 e. The quantitative estimate of drug-likeness (QED) is 0.636. The zero-order chi connectivity index (χ0) is 8.69. The Hall–Kier alpha value is -1.32. The standard InChI is InChI=1S/C5H8N4.C2H6/c1-7-5-4(6)2-8-3-9-5;1-2/h2-3H,6H2,1H3,(H,7,8,9);1-2H3. The van der Waals surface area contributed by atoms with Gasteiger partial charge in [0.15, 0.2) is 5.82 Å². The van der Waals surface area contributed by atoms with E-state index in [1.54, 1.807) is 13.2 Å². The van der Waals surface area contributed by atoms with E-state index < -0.39 is 0 Å². The predicted octanol–water partition coefficient (Wildman–Crippen LogP) is 1.13. The molecular weight excluding hydrogens is 140 g/mol. The number of nitrogens with zero attached hydrogens (tertiary/aromatic N) is 2. The van der Waals surface area contributed by atoms with Gasteiger partial charge >= 0.3 is 0 Å². The largest absolute Gasteiger partial charge is 0.394 e. The van der Waals surface area contributed by atoms with Crippen LogP contribution < -0.4 is 11.1 Å². The second-order valence-electron chi connectivity index (χ2n) is 1.58. The molecule has 3 N–H and O–H groups in total. The van der Waals surface area contributed by atoms with E-state index in [1.807, 2.05) is 13.8 Å². The summed E-state index contributed by atoms with van der Waals surface area (Å²) in [6.07, 6.45) is 3.00. The molecule has 0 aromatic carbocycles. The molecule has 0 unspecified atom stereocenters. The van der Waals surface area contributed by atoms with Crippen LogP contribution in [0, 0.1) is 0 Å². The van der Waals surface area contributed by atoms with E-state index in [-0.39, 0.29) is 0 Å². The first kappa shape index (κ1) is 9.68. The van der Waals surface area contributed by atoms with Gasteiger partial charge in [-0.05, 0) is 0 Å². The first-order valence-electron chi connectivity index (χ1n) is 3.58. The van der Waals surface area contributed by atoms with E-state index >= 15 is 0 Å². The SMILES string of the molecule is CC.CNc1ncncc1N. The van der Waals surface area contributed by atoms with Crippen LogP contribution in [0.5, 0.6) is 0 Å². The lowest BCUT2D eigenvalue weighted by Crippen LogP contribution is -1.98. The zero-order valence-corrected chi connectivity index (χ0v) is 7.13. The molecule has 0 aliphatic rings. The average molecular weight is 154 g/mol. The predicted molar refractivity (Wildman–Crippen MR) is 47.3 cm³/mol. The number of nitrogen functional groups attached to an aromatic ring is 1. The Bertz CT molecular complexity index is 199. The molecule has 4 nitrogen and oxygen atoms in total. The van der Waals surface area contributed by atoms with E-state index in [0.717, 1.165) is 0 Å². The van der Waals surface area contributed by atoms with Crippen LogP contribution in [0.2, 0.25) is 0 Å². The third-order valence-corrected chi connectivity index (χ3v) is 0.977. The summed E-state index contributed by atoms with van der Waals surface area (Å²) in [5.41, 5.74) is 6.01. The van der Waals surface area contributed by atoms with Gasteiger partial charge in [-0.1, -0.05) is 13.8 Å². The van der Waals surface area contributed by atoms with Crippen molar-refractivity contribution in [2.45, 2.75) is 13.8 Å². The van der Waals surface area contributed by atoms with Gasteiger partial charge < -0.3 is 11.1 Å². The highest BCUT2D eigenvalue weighted by Gasteiger charge is 1.92. The van der Waals surface area contributed by atoms with Crippen LogP contribution in [0.25, 0.3) is 0 Å². The van der Waals surface area contributed by atoms with Crippen LogP contribution in [0.4, 0.5) is 11.5 Å². The molecule has 0 bridgehead atoms. The van der Waals surface area contributed by atoms with Crippen molar-refractivity contribution in [3.63, 3.8) is 0 Å².